The van der Waals surface area contributed by atoms with E-state index in [0.29, 0.717) is 5.56 Å². The maximum atomic E-state index is 12.1. The molecule has 1 aromatic carbocycles. The molecule has 1 aliphatic heterocycles. The quantitative estimate of drug-likeness (QED) is 0.901. The molecule has 0 spiro atoms. The van der Waals surface area contributed by atoms with E-state index in [0.717, 1.165) is 4.31 Å². The fraction of sp³-hybridized carbons (Fsp3) is 0.333. The first-order valence-electron chi connectivity index (χ1n) is 6.05. The third kappa shape index (κ3) is 2.74. The van der Waals surface area contributed by atoms with E-state index in [9.17, 15) is 18.0 Å². The Labute approximate surface area is 116 Å². The van der Waals surface area contributed by atoms with Gasteiger partial charge in [-0.15, -0.1) is 0 Å². The van der Waals surface area contributed by atoms with Gasteiger partial charge in [-0.05, 0) is 19.1 Å². The standard InChI is InChI=1S/C12H14N2O5S/c1-2-19-12(16)13-20(17,18)14-8-7-11(15)9-5-3-4-6-10(9)14/h3-6H,2,7-8H2,1H3,(H,13,16). The molecule has 1 heterocycles. The van der Waals surface area contributed by atoms with Gasteiger partial charge in [0.2, 0.25) is 0 Å². The fourth-order valence-corrected chi connectivity index (χ4v) is 3.09. The minimum absolute atomic E-state index is 0.00934. The van der Waals surface area contributed by atoms with Gasteiger partial charge in [0.15, 0.2) is 5.78 Å². The van der Waals surface area contributed by atoms with Crippen LogP contribution >= 0.6 is 0 Å². The molecule has 0 fully saturated rings. The first kappa shape index (κ1) is 14.3. The molecular formula is C12H14N2O5S. The van der Waals surface area contributed by atoms with Crippen LogP contribution in [0, 0.1) is 0 Å². The van der Waals surface area contributed by atoms with Gasteiger partial charge in [0.25, 0.3) is 0 Å². The average Bonchev–Trinajstić information content (AvgIpc) is 2.38. The van der Waals surface area contributed by atoms with E-state index < -0.39 is 16.3 Å². The molecule has 0 radical (unpaired) electrons. The third-order valence-corrected chi connectivity index (χ3v) is 4.18. The summed E-state index contributed by atoms with van der Waals surface area (Å²) in [6, 6.07) is 6.37. The highest BCUT2D eigenvalue weighted by atomic mass is 32.2. The number of amides is 1. The number of nitrogens with one attached hydrogen (secondary N) is 1. The lowest BCUT2D eigenvalue weighted by Crippen LogP contribution is -2.46. The molecule has 108 valence electrons. The lowest BCUT2D eigenvalue weighted by Gasteiger charge is -2.29. The summed E-state index contributed by atoms with van der Waals surface area (Å²) in [5.41, 5.74) is 0.591. The number of hydrogen-bond donors (Lipinski definition) is 1. The zero-order chi connectivity index (χ0) is 14.8. The van der Waals surface area contributed by atoms with Crippen molar-refractivity contribution in [1.82, 2.24) is 4.72 Å². The minimum Gasteiger partial charge on any atom is -0.449 e. The molecule has 1 aromatic rings. The number of anilines is 1. The van der Waals surface area contributed by atoms with Gasteiger partial charge < -0.3 is 4.74 Å². The summed E-state index contributed by atoms with van der Waals surface area (Å²) in [6.45, 7) is 1.63. The number of para-hydroxylation sites is 1. The molecule has 0 atom stereocenters. The number of hydrogen-bond acceptors (Lipinski definition) is 5. The zero-order valence-corrected chi connectivity index (χ0v) is 11.6. The van der Waals surface area contributed by atoms with Gasteiger partial charge in [-0.25, -0.2) is 9.52 Å². The van der Waals surface area contributed by atoms with Crippen LogP contribution in [-0.4, -0.2) is 33.4 Å². The summed E-state index contributed by atoms with van der Waals surface area (Å²) in [5.74, 6) is -0.122. The number of carbonyl (C=O) groups excluding carboxylic acids is 2. The van der Waals surface area contributed by atoms with Crippen molar-refractivity contribution in [3.8, 4) is 0 Å². The molecule has 0 saturated carbocycles. The molecule has 0 bridgehead atoms. The van der Waals surface area contributed by atoms with Crippen molar-refractivity contribution >= 4 is 27.8 Å². The van der Waals surface area contributed by atoms with Crippen LogP contribution in [0.2, 0.25) is 0 Å². The third-order valence-electron chi connectivity index (χ3n) is 2.79. The number of benzene rings is 1. The fourth-order valence-electron chi connectivity index (χ4n) is 1.96. The summed E-state index contributed by atoms with van der Waals surface area (Å²) < 4.78 is 31.6. The highest BCUT2D eigenvalue weighted by molar-refractivity contribution is 7.91. The van der Waals surface area contributed by atoms with Crippen molar-refractivity contribution in [2.45, 2.75) is 13.3 Å². The van der Waals surface area contributed by atoms with Gasteiger partial charge in [0.05, 0.1) is 12.3 Å². The highest BCUT2D eigenvalue weighted by Crippen LogP contribution is 2.28. The second-order valence-corrected chi connectivity index (χ2v) is 5.69. The lowest BCUT2D eigenvalue weighted by molar-refractivity contribution is 0.0982. The molecule has 20 heavy (non-hydrogen) atoms. The van der Waals surface area contributed by atoms with Gasteiger partial charge in [0, 0.05) is 18.5 Å². The van der Waals surface area contributed by atoms with Gasteiger partial charge >= 0.3 is 16.3 Å². The van der Waals surface area contributed by atoms with Gasteiger partial charge in [-0.2, -0.15) is 8.42 Å². The predicted octanol–water partition coefficient (Wildman–Crippen LogP) is 1.07. The Morgan fingerprint density at radius 2 is 2.10 bits per heavy atom. The van der Waals surface area contributed by atoms with E-state index in [1.807, 2.05) is 4.72 Å². The van der Waals surface area contributed by atoms with Crippen molar-refractivity contribution in [3.05, 3.63) is 29.8 Å². The van der Waals surface area contributed by atoms with Crippen molar-refractivity contribution in [2.75, 3.05) is 17.5 Å². The smallest absolute Gasteiger partial charge is 0.422 e. The van der Waals surface area contributed by atoms with Crippen LogP contribution in [0.5, 0.6) is 0 Å². The SMILES string of the molecule is CCOC(=O)NS(=O)(=O)N1CCC(=O)c2ccccc21. The number of ether oxygens (including phenoxy) is 1. The molecule has 0 unspecified atom stereocenters. The number of Topliss-reactive ketones (excluding diaryl/α,β-unsaturated/α-hetero) is 1. The molecule has 8 heteroatoms. The Kier molecular flexibility index (Phi) is 3.93. The minimum atomic E-state index is -4.09. The second-order valence-electron chi connectivity index (χ2n) is 4.09. The Balaban J connectivity index is 2.32. The Morgan fingerprint density at radius 1 is 1.40 bits per heavy atom. The highest BCUT2D eigenvalue weighted by Gasteiger charge is 2.32. The van der Waals surface area contributed by atoms with Gasteiger partial charge in [-0.3, -0.25) is 9.10 Å². The van der Waals surface area contributed by atoms with Crippen LogP contribution in [0.3, 0.4) is 0 Å². The second kappa shape index (κ2) is 5.49. The van der Waals surface area contributed by atoms with E-state index in [1.165, 1.54) is 6.07 Å². The number of rotatable bonds is 3. The van der Waals surface area contributed by atoms with Crippen LogP contribution in [0.4, 0.5) is 10.5 Å². The number of ketones is 1. The molecule has 0 saturated heterocycles. The topological polar surface area (TPSA) is 92.8 Å². The molecule has 0 aliphatic carbocycles. The first-order valence-corrected chi connectivity index (χ1v) is 7.49. The Hall–Kier alpha value is -2.09. The molecule has 1 N–H and O–H groups in total. The summed E-state index contributed by atoms with van der Waals surface area (Å²) >= 11 is 0. The number of nitrogens with zero attached hydrogens (tertiary/aromatic N) is 1. The van der Waals surface area contributed by atoms with E-state index in [1.54, 1.807) is 25.1 Å². The molecule has 7 nitrogen and oxygen atoms in total. The summed E-state index contributed by atoms with van der Waals surface area (Å²) in [5, 5.41) is 0. The van der Waals surface area contributed by atoms with E-state index in [-0.39, 0.29) is 31.0 Å². The summed E-state index contributed by atoms with van der Waals surface area (Å²) in [4.78, 5) is 23.0. The van der Waals surface area contributed by atoms with Crippen molar-refractivity contribution in [1.29, 1.82) is 0 Å². The first-order chi connectivity index (χ1) is 9.45. The predicted molar refractivity (Wildman–Crippen MR) is 71.8 cm³/mol. The van der Waals surface area contributed by atoms with Crippen LogP contribution in [0.25, 0.3) is 0 Å². The normalized spacial score (nSPS) is 14.7. The molecule has 2 rings (SSSR count). The number of fused-ring (bicyclic) bond motifs is 1. The van der Waals surface area contributed by atoms with Crippen molar-refractivity contribution in [2.24, 2.45) is 0 Å². The van der Waals surface area contributed by atoms with E-state index in [4.69, 9.17) is 0 Å². The monoisotopic (exact) mass is 298 g/mol. The molecule has 0 aromatic heterocycles. The molecule has 1 aliphatic rings. The molecular weight excluding hydrogens is 284 g/mol. The van der Waals surface area contributed by atoms with Crippen LogP contribution in [0.15, 0.2) is 24.3 Å². The van der Waals surface area contributed by atoms with Gasteiger partial charge in [-0.1, -0.05) is 12.1 Å². The maximum Gasteiger partial charge on any atom is 0.422 e. The van der Waals surface area contributed by atoms with Crippen LogP contribution in [0.1, 0.15) is 23.7 Å². The van der Waals surface area contributed by atoms with Crippen molar-refractivity contribution < 1.29 is 22.7 Å². The van der Waals surface area contributed by atoms with Gasteiger partial charge in [0.1, 0.15) is 0 Å². The Bertz CT molecular complexity index is 641. The lowest BCUT2D eigenvalue weighted by atomic mass is 10.0. The average molecular weight is 298 g/mol. The van der Waals surface area contributed by atoms with Crippen LogP contribution in [-0.2, 0) is 14.9 Å². The Morgan fingerprint density at radius 3 is 2.80 bits per heavy atom. The zero-order valence-electron chi connectivity index (χ0n) is 10.8. The van der Waals surface area contributed by atoms with Crippen LogP contribution < -0.4 is 9.03 Å². The summed E-state index contributed by atoms with van der Waals surface area (Å²) in [7, 11) is -4.09. The molecule has 1 amide bonds. The van der Waals surface area contributed by atoms with Crippen molar-refractivity contribution in [3.63, 3.8) is 0 Å². The van der Waals surface area contributed by atoms with E-state index in [2.05, 4.69) is 4.74 Å². The summed E-state index contributed by atoms with van der Waals surface area (Å²) in [6.07, 6.45) is -0.970. The number of carbonyl (C=O) groups is 2. The largest absolute Gasteiger partial charge is 0.449 e. The maximum absolute atomic E-state index is 12.1. The van der Waals surface area contributed by atoms with E-state index >= 15 is 0 Å².